The third kappa shape index (κ3) is 3.70. The van der Waals surface area contributed by atoms with Crippen molar-refractivity contribution in [1.82, 2.24) is 10.3 Å². The van der Waals surface area contributed by atoms with E-state index in [0.717, 1.165) is 30.8 Å². The standard InChI is InChI=1S/C15H21N3OS.2ClH/c1-20-12-5-6-13(17-9-12)18-14(19)15-7-3-2-4-11(15)8-16-10-15;;/h5-6,9,11,16H,2-4,7-8,10H2,1H3,(H,17,18,19);2*1H/t11-,15+;;/m0../s1. The van der Waals surface area contributed by atoms with Crippen LogP contribution in [0.3, 0.4) is 0 Å². The maximum absolute atomic E-state index is 12.7. The molecular weight excluding hydrogens is 341 g/mol. The topological polar surface area (TPSA) is 54.0 Å². The van der Waals surface area contributed by atoms with E-state index >= 15 is 0 Å². The van der Waals surface area contributed by atoms with Gasteiger partial charge in [0.05, 0.1) is 5.41 Å². The van der Waals surface area contributed by atoms with Gasteiger partial charge in [-0.25, -0.2) is 4.98 Å². The number of thioether (sulfide) groups is 1. The van der Waals surface area contributed by atoms with Crippen LogP contribution >= 0.6 is 36.6 Å². The van der Waals surface area contributed by atoms with Crippen molar-refractivity contribution in [2.45, 2.75) is 30.6 Å². The molecule has 2 aliphatic rings. The van der Waals surface area contributed by atoms with E-state index in [1.165, 1.54) is 12.8 Å². The summed E-state index contributed by atoms with van der Waals surface area (Å²) < 4.78 is 0. The molecule has 0 spiro atoms. The average molecular weight is 364 g/mol. The van der Waals surface area contributed by atoms with Crippen molar-refractivity contribution in [2.24, 2.45) is 11.3 Å². The highest BCUT2D eigenvalue weighted by Crippen LogP contribution is 2.44. The highest BCUT2D eigenvalue weighted by Gasteiger charge is 2.49. The Morgan fingerprint density at radius 1 is 1.41 bits per heavy atom. The number of nitrogens with zero attached hydrogens (tertiary/aromatic N) is 1. The Balaban J connectivity index is 0.00000121. The molecule has 0 aromatic carbocycles. The van der Waals surface area contributed by atoms with Crippen LogP contribution in [0, 0.1) is 11.3 Å². The molecule has 4 nitrogen and oxygen atoms in total. The summed E-state index contributed by atoms with van der Waals surface area (Å²) in [5.74, 6) is 1.30. The quantitative estimate of drug-likeness (QED) is 0.808. The van der Waals surface area contributed by atoms with E-state index in [9.17, 15) is 4.79 Å². The van der Waals surface area contributed by atoms with Gasteiger partial charge >= 0.3 is 0 Å². The minimum absolute atomic E-state index is 0. The second-order valence-corrected chi connectivity index (χ2v) is 6.65. The van der Waals surface area contributed by atoms with Gasteiger partial charge in [0, 0.05) is 17.6 Å². The molecule has 1 aromatic heterocycles. The number of carbonyl (C=O) groups excluding carboxylic acids is 1. The minimum atomic E-state index is -0.210. The molecule has 0 bridgehead atoms. The van der Waals surface area contributed by atoms with Crippen molar-refractivity contribution in [1.29, 1.82) is 0 Å². The summed E-state index contributed by atoms with van der Waals surface area (Å²) in [6.45, 7) is 1.79. The number of fused-ring (bicyclic) bond motifs is 1. The van der Waals surface area contributed by atoms with Gasteiger partial charge in [-0.3, -0.25) is 4.79 Å². The number of anilines is 1. The van der Waals surface area contributed by atoms with E-state index in [-0.39, 0.29) is 36.1 Å². The first-order valence-corrected chi connectivity index (χ1v) is 8.49. The predicted octanol–water partition coefficient (Wildman–Crippen LogP) is 3.37. The van der Waals surface area contributed by atoms with Crippen LogP contribution in [0.2, 0.25) is 0 Å². The molecule has 1 saturated heterocycles. The van der Waals surface area contributed by atoms with E-state index in [1.54, 1.807) is 11.8 Å². The summed E-state index contributed by atoms with van der Waals surface area (Å²) in [7, 11) is 0. The Morgan fingerprint density at radius 3 is 2.91 bits per heavy atom. The lowest BCUT2D eigenvalue weighted by molar-refractivity contribution is -0.128. The molecule has 2 fully saturated rings. The molecule has 1 aliphatic heterocycles. The Labute approximate surface area is 148 Å². The number of pyridine rings is 1. The monoisotopic (exact) mass is 363 g/mol. The van der Waals surface area contributed by atoms with Crippen LogP contribution in [0.25, 0.3) is 0 Å². The fourth-order valence-corrected chi connectivity index (χ4v) is 3.87. The lowest BCUT2D eigenvalue weighted by atomic mass is 9.67. The summed E-state index contributed by atoms with van der Waals surface area (Å²) in [5.41, 5.74) is -0.210. The summed E-state index contributed by atoms with van der Waals surface area (Å²) in [4.78, 5) is 18.2. The normalized spacial score (nSPS) is 26.3. The van der Waals surface area contributed by atoms with E-state index in [2.05, 4.69) is 15.6 Å². The summed E-state index contributed by atoms with van der Waals surface area (Å²) >= 11 is 1.65. The van der Waals surface area contributed by atoms with Gasteiger partial charge in [-0.15, -0.1) is 36.6 Å². The van der Waals surface area contributed by atoms with Crippen molar-refractivity contribution in [3.8, 4) is 0 Å². The third-order valence-corrected chi connectivity index (χ3v) is 5.42. The number of hydrogen-bond acceptors (Lipinski definition) is 4. The van der Waals surface area contributed by atoms with Crippen LogP contribution in [0.5, 0.6) is 0 Å². The third-order valence-electron chi connectivity index (χ3n) is 4.70. The first kappa shape index (κ1) is 19.6. The second-order valence-electron chi connectivity index (χ2n) is 5.77. The molecule has 3 rings (SSSR count). The number of aromatic nitrogens is 1. The zero-order valence-electron chi connectivity index (χ0n) is 12.6. The Morgan fingerprint density at radius 2 is 2.23 bits per heavy atom. The van der Waals surface area contributed by atoms with Gasteiger partial charge in [-0.05, 0) is 43.7 Å². The van der Waals surface area contributed by atoms with E-state index in [4.69, 9.17) is 0 Å². The number of rotatable bonds is 3. The van der Waals surface area contributed by atoms with Gasteiger partial charge in [0.1, 0.15) is 5.82 Å². The van der Waals surface area contributed by atoms with Gasteiger partial charge in [-0.2, -0.15) is 0 Å². The molecule has 7 heteroatoms. The van der Waals surface area contributed by atoms with Crippen molar-refractivity contribution in [3.05, 3.63) is 18.3 Å². The second kappa shape index (κ2) is 8.39. The van der Waals surface area contributed by atoms with Crippen LogP contribution in [0.4, 0.5) is 5.82 Å². The van der Waals surface area contributed by atoms with E-state index in [0.29, 0.717) is 11.7 Å². The number of halogens is 2. The van der Waals surface area contributed by atoms with Gasteiger partial charge in [0.2, 0.25) is 5.91 Å². The van der Waals surface area contributed by atoms with Crippen LogP contribution in [-0.4, -0.2) is 30.2 Å². The summed E-state index contributed by atoms with van der Waals surface area (Å²) in [5, 5.41) is 6.43. The number of carbonyl (C=O) groups is 1. The molecule has 1 saturated carbocycles. The largest absolute Gasteiger partial charge is 0.315 e. The SMILES string of the molecule is CSc1ccc(NC(=O)[C@@]23CCCC[C@H]2CNC3)nc1.Cl.Cl. The summed E-state index contributed by atoms with van der Waals surface area (Å²) in [6.07, 6.45) is 8.40. The lowest BCUT2D eigenvalue weighted by Gasteiger charge is -2.36. The Bertz CT molecular complexity index is 500. The number of nitrogens with one attached hydrogen (secondary N) is 2. The van der Waals surface area contributed by atoms with Gasteiger partial charge in [-0.1, -0.05) is 12.8 Å². The number of hydrogen-bond donors (Lipinski definition) is 2. The molecule has 22 heavy (non-hydrogen) atoms. The van der Waals surface area contributed by atoms with Gasteiger partial charge in [0.25, 0.3) is 0 Å². The van der Waals surface area contributed by atoms with Crippen LogP contribution in [-0.2, 0) is 4.79 Å². The zero-order chi connectivity index (χ0) is 14.0. The maximum Gasteiger partial charge on any atom is 0.233 e. The molecule has 1 aromatic rings. The molecule has 0 unspecified atom stereocenters. The van der Waals surface area contributed by atoms with Crippen molar-refractivity contribution in [2.75, 3.05) is 24.7 Å². The molecule has 2 heterocycles. The smallest absolute Gasteiger partial charge is 0.233 e. The van der Waals surface area contributed by atoms with E-state index in [1.807, 2.05) is 24.6 Å². The van der Waals surface area contributed by atoms with Crippen molar-refractivity contribution >= 4 is 48.3 Å². The fourth-order valence-electron chi connectivity index (χ4n) is 3.51. The first-order chi connectivity index (χ1) is 9.74. The molecule has 124 valence electrons. The van der Waals surface area contributed by atoms with Crippen molar-refractivity contribution in [3.63, 3.8) is 0 Å². The fraction of sp³-hybridized carbons (Fsp3) is 0.600. The molecule has 0 radical (unpaired) electrons. The zero-order valence-corrected chi connectivity index (χ0v) is 15.1. The number of amides is 1. The van der Waals surface area contributed by atoms with Crippen LogP contribution in [0.15, 0.2) is 23.2 Å². The molecule has 1 aliphatic carbocycles. The van der Waals surface area contributed by atoms with Gasteiger partial charge < -0.3 is 10.6 Å². The first-order valence-electron chi connectivity index (χ1n) is 7.27. The van der Waals surface area contributed by atoms with Crippen LogP contribution in [0.1, 0.15) is 25.7 Å². The summed E-state index contributed by atoms with van der Waals surface area (Å²) in [6, 6.07) is 3.89. The molecule has 1 amide bonds. The average Bonchev–Trinajstić information content (AvgIpc) is 2.93. The van der Waals surface area contributed by atoms with E-state index < -0.39 is 0 Å². The highest BCUT2D eigenvalue weighted by atomic mass is 35.5. The Hall–Kier alpha value is -0.490. The maximum atomic E-state index is 12.7. The predicted molar refractivity (Wildman–Crippen MR) is 96.4 cm³/mol. The molecule has 2 atom stereocenters. The van der Waals surface area contributed by atoms with Crippen molar-refractivity contribution < 1.29 is 4.79 Å². The Kier molecular flexibility index (Phi) is 7.46. The van der Waals surface area contributed by atoms with Crippen LogP contribution < -0.4 is 10.6 Å². The molecule has 2 N–H and O–H groups in total. The minimum Gasteiger partial charge on any atom is -0.315 e. The highest BCUT2D eigenvalue weighted by molar-refractivity contribution is 7.98. The molecular formula is C15H23Cl2N3OS. The van der Waals surface area contributed by atoms with Gasteiger partial charge in [0.15, 0.2) is 0 Å². The lowest BCUT2D eigenvalue weighted by Crippen LogP contribution is -2.44.